The Labute approximate surface area is 118 Å². The lowest BCUT2D eigenvalue weighted by atomic mass is 10.1. The molecule has 2 rings (SSSR count). The van der Waals surface area contributed by atoms with E-state index in [0.717, 1.165) is 19.2 Å². The standard InChI is InChI=1S/C15H31N3O/c1-15(2,3)16-11-14(12-19-4)18-9-7-17(8-10-18)13-5-6-13/h13-14,16H,5-12H2,1-4H3. The first kappa shape index (κ1) is 15.2. The number of methoxy groups -OCH3 is 1. The molecule has 4 nitrogen and oxygen atoms in total. The molecule has 1 saturated heterocycles. The lowest BCUT2D eigenvalue weighted by molar-refractivity contribution is 0.0447. The molecular weight excluding hydrogens is 238 g/mol. The van der Waals surface area contributed by atoms with Crippen LogP contribution in [-0.2, 0) is 4.74 Å². The summed E-state index contributed by atoms with van der Waals surface area (Å²) in [7, 11) is 1.81. The van der Waals surface area contributed by atoms with Crippen LogP contribution in [0.15, 0.2) is 0 Å². The quantitative estimate of drug-likeness (QED) is 0.783. The van der Waals surface area contributed by atoms with Crippen LogP contribution in [0.3, 0.4) is 0 Å². The maximum atomic E-state index is 5.41. The average Bonchev–Trinajstić information content (AvgIpc) is 3.18. The summed E-state index contributed by atoms with van der Waals surface area (Å²) in [4.78, 5) is 5.26. The fourth-order valence-corrected chi connectivity index (χ4v) is 2.82. The van der Waals surface area contributed by atoms with E-state index in [1.54, 1.807) is 0 Å². The summed E-state index contributed by atoms with van der Waals surface area (Å²) in [6, 6.07) is 1.42. The summed E-state index contributed by atoms with van der Waals surface area (Å²) in [6.07, 6.45) is 2.85. The van der Waals surface area contributed by atoms with Gasteiger partial charge in [0.2, 0.25) is 0 Å². The summed E-state index contributed by atoms with van der Waals surface area (Å²) >= 11 is 0. The van der Waals surface area contributed by atoms with E-state index >= 15 is 0 Å². The van der Waals surface area contributed by atoms with Crippen LogP contribution < -0.4 is 5.32 Å². The fraction of sp³-hybridized carbons (Fsp3) is 1.00. The van der Waals surface area contributed by atoms with Crippen LogP contribution in [0.4, 0.5) is 0 Å². The van der Waals surface area contributed by atoms with E-state index in [4.69, 9.17) is 4.74 Å². The minimum Gasteiger partial charge on any atom is -0.383 e. The topological polar surface area (TPSA) is 27.7 Å². The van der Waals surface area contributed by atoms with E-state index in [2.05, 4.69) is 35.9 Å². The molecule has 1 heterocycles. The average molecular weight is 269 g/mol. The Hall–Kier alpha value is -0.160. The van der Waals surface area contributed by atoms with E-state index in [9.17, 15) is 0 Å². The highest BCUT2D eigenvalue weighted by Crippen LogP contribution is 2.27. The number of nitrogens with zero attached hydrogens (tertiary/aromatic N) is 2. The molecule has 1 unspecified atom stereocenters. The lowest BCUT2D eigenvalue weighted by Crippen LogP contribution is -2.56. The van der Waals surface area contributed by atoms with Crippen molar-refractivity contribution in [3.8, 4) is 0 Å². The summed E-state index contributed by atoms with van der Waals surface area (Å²) in [5.41, 5.74) is 0.182. The molecule has 1 atom stereocenters. The molecule has 1 aliphatic carbocycles. The van der Waals surface area contributed by atoms with Crippen LogP contribution in [0, 0.1) is 0 Å². The minimum absolute atomic E-state index is 0.182. The van der Waals surface area contributed by atoms with E-state index < -0.39 is 0 Å². The Balaban J connectivity index is 1.78. The first-order valence-electron chi connectivity index (χ1n) is 7.71. The van der Waals surface area contributed by atoms with Gasteiger partial charge in [-0.1, -0.05) is 0 Å². The van der Waals surface area contributed by atoms with Crippen LogP contribution in [0.1, 0.15) is 33.6 Å². The van der Waals surface area contributed by atoms with Gasteiger partial charge in [-0.25, -0.2) is 0 Å². The molecular formula is C15H31N3O. The van der Waals surface area contributed by atoms with E-state index in [0.29, 0.717) is 6.04 Å². The Morgan fingerprint density at radius 1 is 1.16 bits per heavy atom. The van der Waals surface area contributed by atoms with Crippen molar-refractivity contribution in [2.24, 2.45) is 0 Å². The zero-order valence-corrected chi connectivity index (χ0v) is 13.1. The van der Waals surface area contributed by atoms with E-state index in [-0.39, 0.29) is 5.54 Å². The Morgan fingerprint density at radius 2 is 1.79 bits per heavy atom. The van der Waals surface area contributed by atoms with Crippen LogP contribution in [0.25, 0.3) is 0 Å². The highest BCUT2D eigenvalue weighted by atomic mass is 16.5. The van der Waals surface area contributed by atoms with Crippen molar-refractivity contribution in [2.45, 2.75) is 51.2 Å². The first-order valence-corrected chi connectivity index (χ1v) is 7.71. The van der Waals surface area contributed by atoms with Crippen molar-refractivity contribution in [1.29, 1.82) is 0 Å². The second-order valence-corrected chi connectivity index (χ2v) is 7.04. The molecule has 2 fully saturated rings. The highest BCUT2D eigenvalue weighted by molar-refractivity contribution is 4.89. The Bertz CT molecular complexity index is 265. The number of ether oxygens (including phenoxy) is 1. The molecule has 1 N–H and O–H groups in total. The number of hydrogen-bond acceptors (Lipinski definition) is 4. The molecule has 1 saturated carbocycles. The van der Waals surface area contributed by atoms with Crippen molar-refractivity contribution in [3.63, 3.8) is 0 Å². The van der Waals surface area contributed by atoms with Crippen LogP contribution >= 0.6 is 0 Å². The van der Waals surface area contributed by atoms with Gasteiger partial charge in [-0.15, -0.1) is 0 Å². The maximum absolute atomic E-state index is 5.41. The predicted molar refractivity (Wildman–Crippen MR) is 79.6 cm³/mol. The third-order valence-electron chi connectivity index (χ3n) is 4.16. The van der Waals surface area contributed by atoms with E-state index in [1.165, 1.54) is 39.0 Å². The lowest BCUT2D eigenvalue weighted by Gasteiger charge is -2.40. The monoisotopic (exact) mass is 269 g/mol. The summed E-state index contributed by atoms with van der Waals surface area (Å²) in [5.74, 6) is 0. The normalized spacial score (nSPS) is 24.6. The summed E-state index contributed by atoms with van der Waals surface area (Å²) in [6.45, 7) is 13.4. The van der Waals surface area contributed by atoms with E-state index in [1.807, 2.05) is 7.11 Å². The van der Waals surface area contributed by atoms with Crippen molar-refractivity contribution in [2.75, 3.05) is 46.4 Å². The van der Waals surface area contributed by atoms with Gasteiger partial charge < -0.3 is 10.1 Å². The second-order valence-electron chi connectivity index (χ2n) is 7.04. The minimum atomic E-state index is 0.182. The van der Waals surface area contributed by atoms with Gasteiger partial charge in [0, 0.05) is 57.5 Å². The van der Waals surface area contributed by atoms with Crippen molar-refractivity contribution in [3.05, 3.63) is 0 Å². The van der Waals surface area contributed by atoms with Crippen molar-refractivity contribution in [1.82, 2.24) is 15.1 Å². The zero-order chi connectivity index (χ0) is 13.9. The third kappa shape index (κ3) is 5.03. The smallest absolute Gasteiger partial charge is 0.0630 e. The number of hydrogen-bond donors (Lipinski definition) is 1. The van der Waals surface area contributed by atoms with Gasteiger partial charge >= 0.3 is 0 Å². The van der Waals surface area contributed by atoms with Gasteiger partial charge in [-0.2, -0.15) is 0 Å². The fourth-order valence-electron chi connectivity index (χ4n) is 2.82. The molecule has 4 heteroatoms. The molecule has 19 heavy (non-hydrogen) atoms. The molecule has 0 aromatic heterocycles. The third-order valence-corrected chi connectivity index (χ3v) is 4.16. The van der Waals surface area contributed by atoms with Gasteiger partial charge in [0.15, 0.2) is 0 Å². The molecule has 2 aliphatic rings. The van der Waals surface area contributed by atoms with Crippen LogP contribution in [0.5, 0.6) is 0 Å². The first-order chi connectivity index (χ1) is 8.99. The molecule has 0 aromatic rings. The number of piperazine rings is 1. The molecule has 0 aromatic carbocycles. The molecule has 0 amide bonds. The maximum Gasteiger partial charge on any atom is 0.0630 e. The highest BCUT2D eigenvalue weighted by Gasteiger charge is 2.32. The zero-order valence-electron chi connectivity index (χ0n) is 13.1. The Morgan fingerprint density at radius 3 is 2.26 bits per heavy atom. The largest absolute Gasteiger partial charge is 0.383 e. The summed E-state index contributed by atoms with van der Waals surface area (Å²) in [5, 5.41) is 3.62. The van der Waals surface area contributed by atoms with Gasteiger partial charge in [0.05, 0.1) is 6.61 Å². The van der Waals surface area contributed by atoms with Gasteiger partial charge in [-0.05, 0) is 33.6 Å². The van der Waals surface area contributed by atoms with Crippen LogP contribution in [-0.4, -0.2) is 73.9 Å². The van der Waals surface area contributed by atoms with Crippen molar-refractivity contribution >= 4 is 0 Å². The summed E-state index contributed by atoms with van der Waals surface area (Å²) < 4.78 is 5.41. The molecule has 0 radical (unpaired) electrons. The van der Waals surface area contributed by atoms with Crippen molar-refractivity contribution < 1.29 is 4.74 Å². The van der Waals surface area contributed by atoms with Crippen LogP contribution in [0.2, 0.25) is 0 Å². The SMILES string of the molecule is COCC(CNC(C)(C)C)N1CCN(C2CC2)CC1. The second kappa shape index (κ2) is 6.53. The molecule has 0 bridgehead atoms. The van der Waals surface area contributed by atoms with Gasteiger partial charge in [0.25, 0.3) is 0 Å². The van der Waals surface area contributed by atoms with Gasteiger partial charge in [0.1, 0.15) is 0 Å². The predicted octanol–water partition coefficient (Wildman–Crippen LogP) is 1.17. The number of rotatable bonds is 6. The van der Waals surface area contributed by atoms with Gasteiger partial charge in [-0.3, -0.25) is 9.80 Å². The molecule has 112 valence electrons. The molecule has 0 spiro atoms. The number of nitrogens with one attached hydrogen (secondary N) is 1. The Kier molecular flexibility index (Phi) is 5.23. The molecule has 1 aliphatic heterocycles.